The molecule has 0 amide bonds. The number of ether oxygens (including phenoxy) is 1. The Hall–Kier alpha value is -0.610. The van der Waals surface area contributed by atoms with Crippen molar-refractivity contribution in [1.82, 2.24) is 10.4 Å². The zero-order chi connectivity index (χ0) is 7.19. The SMILES string of the molecule is COC(=O)C12CCCN1N2. The van der Waals surface area contributed by atoms with Crippen molar-refractivity contribution in [2.75, 3.05) is 13.7 Å². The maximum Gasteiger partial charge on any atom is 0.343 e. The second kappa shape index (κ2) is 1.71. The smallest absolute Gasteiger partial charge is 0.343 e. The Morgan fingerprint density at radius 2 is 2.60 bits per heavy atom. The van der Waals surface area contributed by atoms with Crippen molar-refractivity contribution in [3.8, 4) is 0 Å². The van der Waals surface area contributed by atoms with Gasteiger partial charge in [0.2, 0.25) is 0 Å². The molecule has 56 valence electrons. The Kier molecular flexibility index (Phi) is 1.04. The van der Waals surface area contributed by atoms with Crippen LogP contribution in [-0.2, 0) is 9.53 Å². The van der Waals surface area contributed by atoms with Gasteiger partial charge in [0.25, 0.3) is 0 Å². The van der Waals surface area contributed by atoms with E-state index in [4.69, 9.17) is 0 Å². The molecule has 4 heteroatoms. The molecule has 2 heterocycles. The molecule has 0 bridgehead atoms. The van der Waals surface area contributed by atoms with Crippen LogP contribution in [0.3, 0.4) is 0 Å². The topological polar surface area (TPSA) is 51.2 Å². The summed E-state index contributed by atoms with van der Waals surface area (Å²) in [5.74, 6) is -0.148. The lowest BCUT2D eigenvalue weighted by molar-refractivity contribution is -0.144. The normalized spacial score (nSPS) is 42.7. The number of hydrazine groups is 1. The fourth-order valence-corrected chi connectivity index (χ4v) is 1.56. The van der Waals surface area contributed by atoms with Crippen LogP contribution in [0.25, 0.3) is 0 Å². The van der Waals surface area contributed by atoms with Crippen molar-refractivity contribution in [3.63, 3.8) is 0 Å². The Labute approximate surface area is 59.1 Å². The maximum atomic E-state index is 11.1. The second-order valence-electron chi connectivity index (χ2n) is 2.72. The molecule has 4 nitrogen and oxygen atoms in total. The Morgan fingerprint density at radius 1 is 1.80 bits per heavy atom. The summed E-state index contributed by atoms with van der Waals surface area (Å²) >= 11 is 0. The van der Waals surface area contributed by atoms with E-state index in [1.165, 1.54) is 7.11 Å². The molecule has 2 aliphatic rings. The summed E-state index contributed by atoms with van der Waals surface area (Å²) in [6.07, 6.45) is 1.97. The number of nitrogens with one attached hydrogen (secondary N) is 1. The number of hydrogen-bond acceptors (Lipinski definition) is 4. The highest BCUT2D eigenvalue weighted by molar-refractivity contribution is 5.83. The predicted octanol–water partition coefficient (Wildman–Crippen LogP) is -0.530. The van der Waals surface area contributed by atoms with E-state index < -0.39 is 5.66 Å². The Morgan fingerprint density at radius 3 is 3.00 bits per heavy atom. The molecule has 0 saturated carbocycles. The number of hydrogen-bond donors (Lipinski definition) is 1. The lowest BCUT2D eigenvalue weighted by Crippen LogP contribution is -2.28. The van der Waals surface area contributed by atoms with Crippen LogP contribution in [0.4, 0.5) is 0 Å². The molecule has 1 N–H and O–H groups in total. The summed E-state index contributed by atoms with van der Waals surface area (Å²) in [4.78, 5) is 11.1. The van der Waals surface area contributed by atoms with Crippen molar-refractivity contribution in [2.45, 2.75) is 18.5 Å². The molecule has 2 saturated heterocycles. The first-order valence-electron chi connectivity index (χ1n) is 3.43. The van der Waals surface area contributed by atoms with E-state index in [1.807, 2.05) is 5.01 Å². The minimum atomic E-state index is -0.408. The number of esters is 1. The van der Waals surface area contributed by atoms with Crippen LogP contribution in [0.15, 0.2) is 0 Å². The van der Waals surface area contributed by atoms with Gasteiger partial charge in [-0.15, -0.1) is 0 Å². The van der Waals surface area contributed by atoms with E-state index in [1.54, 1.807) is 0 Å². The molecule has 2 rings (SSSR count). The van der Waals surface area contributed by atoms with Gasteiger partial charge in [-0.2, -0.15) is 0 Å². The van der Waals surface area contributed by atoms with Crippen LogP contribution in [0.1, 0.15) is 12.8 Å². The molecule has 0 spiro atoms. The van der Waals surface area contributed by atoms with Gasteiger partial charge in [-0.05, 0) is 12.8 Å². The highest BCUT2D eigenvalue weighted by atomic mass is 16.5. The summed E-state index contributed by atoms with van der Waals surface area (Å²) in [5, 5.41) is 1.93. The monoisotopic (exact) mass is 142 g/mol. The molecular weight excluding hydrogens is 132 g/mol. The predicted molar refractivity (Wildman–Crippen MR) is 33.8 cm³/mol. The van der Waals surface area contributed by atoms with E-state index in [9.17, 15) is 4.79 Å². The minimum absolute atomic E-state index is 0.148. The van der Waals surface area contributed by atoms with Crippen LogP contribution in [0, 0.1) is 0 Å². The standard InChI is InChI=1S/C6H10N2O2/c1-10-5(9)6-3-2-4-8(6)7-6/h7H,2-4H2,1H3. The van der Waals surface area contributed by atoms with Gasteiger partial charge in [0.05, 0.1) is 7.11 Å². The van der Waals surface area contributed by atoms with Crippen LogP contribution in [0.2, 0.25) is 0 Å². The molecule has 2 atom stereocenters. The third-order valence-electron chi connectivity index (χ3n) is 2.17. The van der Waals surface area contributed by atoms with Crippen molar-refractivity contribution in [1.29, 1.82) is 0 Å². The van der Waals surface area contributed by atoms with Gasteiger partial charge in [0, 0.05) is 6.54 Å². The van der Waals surface area contributed by atoms with E-state index in [0.29, 0.717) is 0 Å². The fraction of sp³-hybridized carbons (Fsp3) is 0.833. The summed E-state index contributed by atoms with van der Waals surface area (Å²) in [6.45, 7) is 0.967. The first-order valence-corrected chi connectivity index (χ1v) is 3.43. The molecule has 0 aromatic carbocycles. The van der Waals surface area contributed by atoms with Crippen LogP contribution >= 0.6 is 0 Å². The molecule has 0 aromatic heterocycles. The Balaban J connectivity index is 2.11. The molecule has 2 unspecified atom stereocenters. The molecule has 2 fully saturated rings. The quantitative estimate of drug-likeness (QED) is 0.395. The lowest BCUT2D eigenvalue weighted by atomic mass is 10.2. The van der Waals surface area contributed by atoms with Crippen molar-refractivity contribution < 1.29 is 9.53 Å². The summed E-state index contributed by atoms with van der Waals surface area (Å²) in [6, 6.07) is 0. The molecule has 0 aromatic rings. The number of methoxy groups -OCH3 is 1. The van der Waals surface area contributed by atoms with E-state index in [-0.39, 0.29) is 5.97 Å². The number of fused-ring (bicyclic) bond motifs is 1. The lowest BCUT2D eigenvalue weighted by Gasteiger charge is -2.03. The molecule has 0 aliphatic carbocycles. The fourth-order valence-electron chi connectivity index (χ4n) is 1.56. The van der Waals surface area contributed by atoms with E-state index >= 15 is 0 Å². The van der Waals surface area contributed by atoms with Crippen molar-refractivity contribution in [2.24, 2.45) is 0 Å². The zero-order valence-corrected chi connectivity index (χ0v) is 5.89. The minimum Gasteiger partial charge on any atom is -0.467 e. The number of carbonyl (C=O) groups is 1. The van der Waals surface area contributed by atoms with Gasteiger partial charge >= 0.3 is 5.97 Å². The number of nitrogens with zero attached hydrogens (tertiary/aromatic N) is 1. The maximum absolute atomic E-state index is 11.1. The van der Waals surface area contributed by atoms with Gasteiger partial charge in [0.1, 0.15) is 0 Å². The van der Waals surface area contributed by atoms with Crippen LogP contribution in [0.5, 0.6) is 0 Å². The summed E-state index contributed by atoms with van der Waals surface area (Å²) in [7, 11) is 1.42. The number of carbonyl (C=O) groups excluding carboxylic acids is 1. The van der Waals surface area contributed by atoms with Crippen LogP contribution in [-0.4, -0.2) is 30.3 Å². The molecule has 0 radical (unpaired) electrons. The molecule has 10 heavy (non-hydrogen) atoms. The van der Waals surface area contributed by atoms with Crippen LogP contribution < -0.4 is 5.43 Å². The van der Waals surface area contributed by atoms with Gasteiger partial charge in [-0.3, -0.25) is 0 Å². The molecular formula is C6H10N2O2. The largest absolute Gasteiger partial charge is 0.467 e. The third kappa shape index (κ3) is 0.552. The third-order valence-corrected chi connectivity index (χ3v) is 2.17. The zero-order valence-electron chi connectivity index (χ0n) is 5.89. The number of rotatable bonds is 1. The van der Waals surface area contributed by atoms with Gasteiger partial charge in [-0.25, -0.2) is 15.2 Å². The molecule has 2 aliphatic heterocycles. The second-order valence-corrected chi connectivity index (χ2v) is 2.72. The summed E-state index contributed by atoms with van der Waals surface area (Å²) in [5.41, 5.74) is 2.58. The first kappa shape index (κ1) is 6.12. The average Bonchev–Trinajstić information content (AvgIpc) is 2.54. The van der Waals surface area contributed by atoms with Crippen molar-refractivity contribution in [3.05, 3.63) is 0 Å². The van der Waals surface area contributed by atoms with E-state index in [0.717, 1.165) is 19.4 Å². The van der Waals surface area contributed by atoms with Gasteiger partial charge in [-0.1, -0.05) is 0 Å². The first-order chi connectivity index (χ1) is 4.79. The summed E-state index contributed by atoms with van der Waals surface area (Å²) < 4.78 is 4.64. The van der Waals surface area contributed by atoms with Gasteiger partial charge in [0.15, 0.2) is 5.66 Å². The average molecular weight is 142 g/mol. The van der Waals surface area contributed by atoms with Gasteiger partial charge < -0.3 is 4.74 Å². The Bertz CT molecular complexity index is 183. The highest BCUT2D eigenvalue weighted by Crippen LogP contribution is 2.37. The highest BCUT2D eigenvalue weighted by Gasteiger charge is 2.62. The van der Waals surface area contributed by atoms with Crippen molar-refractivity contribution >= 4 is 5.97 Å². The van der Waals surface area contributed by atoms with E-state index in [2.05, 4.69) is 10.2 Å².